The molecule has 4 aromatic rings. The highest BCUT2D eigenvalue weighted by molar-refractivity contribution is 6.51. The van der Waals surface area contributed by atoms with Crippen molar-refractivity contribution in [3.63, 3.8) is 0 Å². The Hall–Kier alpha value is -4.39. The number of likely N-dealkylation sites (N-methyl/N-ethyl adjacent to an activating group) is 1. The molecule has 0 saturated heterocycles. The van der Waals surface area contributed by atoms with Crippen LogP contribution in [-0.4, -0.2) is 35.7 Å². The van der Waals surface area contributed by atoms with Gasteiger partial charge in [0, 0.05) is 30.5 Å². The summed E-state index contributed by atoms with van der Waals surface area (Å²) in [5, 5.41) is 12.4. The summed E-state index contributed by atoms with van der Waals surface area (Å²) < 4.78 is 7.29. The molecule has 0 saturated carbocycles. The molecule has 2 amide bonds. The summed E-state index contributed by atoms with van der Waals surface area (Å²) in [5.41, 5.74) is 3.25. The molecule has 0 fully saturated rings. The third-order valence-corrected chi connectivity index (χ3v) is 6.03. The maximum atomic E-state index is 13.6. The lowest BCUT2D eigenvalue weighted by Crippen LogP contribution is -2.37. The molecule has 35 heavy (non-hydrogen) atoms. The first-order valence-electron chi connectivity index (χ1n) is 11.4. The number of ether oxygens (including phenoxy) is 1. The number of nitrogens with zero attached hydrogens (tertiary/aromatic N) is 2. The standard InChI is InChI=1S/C28H28N4O3/c1-5-32(20-10-7-6-8-11-20)28(34)25(29)24-23-21(12-9-13-22(23)35-4)31(3)26(24)27(33)30-19-16-14-18(2)15-17-19/h6-17,29H,5H2,1-4H3,(H,30,33). The molecule has 7 heteroatoms. The maximum Gasteiger partial charge on any atom is 0.276 e. The number of carbonyl (C=O) groups excluding carboxylic acids is 2. The van der Waals surface area contributed by atoms with Gasteiger partial charge in [-0.1, -0.05) is 42.0 Å². The number of aromatic nitrogens is 1. The summed E-state index contributed by atoms with van der Waals surface area (Å²) in [4.78, 5) is 28.7. The summed E-state index contributed by atoms with van der Waals surface area (Å²) in [5.74, 6) is -0.422. The van der Waals surface area contributed by atoms with Crippen molar-refractivity contribution in [3.8, 4) is 5.75 Å². The minimum Gasteiger partial charge on any atom is -0.496 e. The van der Waals surface area contributed by atoms with E-state index >= 15 is 0 Å². The number of hydrogen-bond donors (Lipinski definition) is 2. The van der Waals surface area contributed by atoms with Crippen LogP contribution in [0.4, 0.5) is 11.4 Å². The molecule has 0 aliphatic carbocycles. The first-order valence-corrected chi connectivity index (χ1v) is 11.4. The smallest absolute Gasteiger partial charge is 0.276 e. The van der Waals surface area contributed by atoms with Gasteiger partial charge in [0.2, 0.25) is 0 Å². The molecule has 0 radical (unpaired) electrons. The van der Waals surface area contributed by atoms with E-state index in [-0.39, 0.29) is 17.0 Å². The number of benzene rings is 3. The topological polar surface area (TPSA) is 87.4 Å². The molecule has 0 aliphatic rings. The number of para-hydroxylation sites is 1. The number of hydrogen-bond acceptors (Lipinski definition) is 4. The number of aryl methyl sites for hydroxylation is 2. The van der Waals surface area contributed by atoms with Gasteiger partial charge in [-0.15, -0.1) is 0 Å². The Labute approximate surface area is 204 Å². The highest BCUT2D eigenvalue weighted by Gasteiger charge is 2.31. The number of anilines is 2. The van der Waals surface area contributed by atoms with E-state index in [2.05, 4.69) is 5.32 Å². The molecule has 178 valence electrons. The van der Waals surface area contributed by atoms with Crippen molar-refractivity contribution in [3.05, 3.63) is 89.6 Å². The van der Waals surface area contributed by atoms with E-state index in [1.165, 1.54) is 12.0 Å². The molecule has 0 unspecified atom stereocenters. The van der Waals surface area contributed by atoms with Crippen molar-refractivity contribution < 1.29 is 14.3 Å². The van der Waals surface area contributed by atoms with Crippen molar-refractivity contribution >= 4 is 39.8 Å². The van der Waals surface area contributed by atoms with Gasteiger partial charge in [-0.05, 0) is 50.2 Å². The van der Waals surface area contributed by atoms with Gasteiger partial charge in [0.15, 0.2) is 0 Å². The molecule has 0 spiro atoms. The lowest BCUT2D eigenvalue weighted by Gasteiger charge is -2.22. The van der Waals surface area contributed by atoms with Crippen LogP contribution >= 0.6 is 0 Å². The zero-order valence-electron chi connectivity index (χ0n) is 20.3. The summed E-state index contributed by atoms with van der Waals surface area (Å²) in [7, 11) is 3.28. The number of amides is 2. The van der Waals surface area contributed by atoms with Crippen LogP contribution in [0.15, 0.2) is 72.8 Å². The summed E-state index contributed by atoms with van der Waals surface area (Å²) in [6, 6.07) is 22.1. The molecule has 1 aromatic heterocycles. The van der Waals surface area contributed by atoms with Crippen molar-refractivity contribution in [2.45, 2.75) is 13.8 Å². The van der Waals surface area contributed by atoms with Gasteiger partial charge in [0.25, 0.3) is 11.8 Å². The van der Waals surface area contributed by atoms with Gasteiger partial charge >= 0.3 is 0 Å². The highest BCUT2D eigenvalue weighted by Crippen LogP contribution is 2.34. The van der Waals surface area contributed by atoms with Crippen LogP contribution in [0.5, 0.6) is 5.75 Å². The fraction of sp³-hybridized carbons (Fsp3) is 0.179. The fourth-order valence-electron chi connectivity index (χ4n) is 4.26. The lowest BCUT2D eigenvalue weighted by molar-refractivity contribution is -0.112. The van der Waals surface area contributed by atoms with Crippen LogP contribution < -0.4 is 15.0 Å². The maximum absolute atomic E-state index is 13.6. The lowest BCUT2D eigenvalue weighted by atomic mass is 10.0. The predicted molar refractivity (Wildman–Crippen MR) is 140 cm³/mol. The largest absolute Gasteiger partial charge is 0.496 e. The number of nitrogens with one attached hydrogen (secondary N) is 2. The zero-order chi connectivity index (χ0) is 25.1. The van der Waals surface area contributed by atoms with Crippen molar-refractivity contribution in [2.75, 3.05) is 23.9 Å². The molecule has 0 atom stereocenters. The number of rotatable bonds is 7. The van der Waals surface area contributed by atoms with E-state index in [0.717, 1.165) is 5.56 Å². The number of methoxy groups -OCH3 is 1. The normalized spacial score (nSPS) is 10.7. The second-order valence-corrected chi connectivity index (χ2v) is 8.22. The molecule has 3 aromatic carbocycles. The van der Waals surface area contributed by atoms with E-state index in [9.17, 15) is 9.59 Å². The van der Waals surface area contributed by atoms with Crippen molar-refractivity contribution in [2.24, 2.45) is 7.05 Å². The van der Waals surface area contributed by atoms with Gasteiger partial charge < -0.3 is 19.5 Å². The summed E-state index contributed by atoms with van der Waals surface area (Å²) in [6.45, 7) is 4.20. The molecule has 7 nitrogen and oxygen atoms in total. The van der Waals surface area contributed by atoms with Crippen LogP contribution in [0.1, 0.15) is 28.5 Å². The first-order chi connectivity index (χ1) is 16.9. The van der Waals surface area contributed by atoms with Crippen LogP contribution in [0, 0.1) is 12.3 Å². The number of carbonyl (C=O) groups is 2. The van der Waals surface area contributed by atoms with Gasteiger partial charge in [0.1, 0.15) is 17.2 Å². The third-order valence-electron chi connectivity index (χ3n) is 6.03. The van der Waals surface area contributed by atoms with E-state index in [4.69, 9.17) is 10.1 Å². The van der Waals surface area contributed by atoms with E-state index in [1.54, 1.807) is 17.7 Å². The van der Waals surface area contributed by atoms with Crippen molar-refractivity contribution in [1.82, 2.24) is 4.57 Å². The fourth-order valence-corrected chi connectivity index (χ4v) is 4.26. The molecule has 0 bridgehead atoms. The Morgan fingerprint density at radius 1 is 1.00 bits per heavy atom. The van der Waals surface area contributed by atoms with Gasteiger partial charge in [-0.25, -0.2) is 0 Å². The van der Waals surface area contributed by atoms with Crippen molar-refractivity contribution in [1.29, 1.82) is 5.41 Å². The summed E-state index contributed by atoms with van der Waals surface area (Å²) >= 11 is 0. The van der Waals surface area contributed by atoms with Gasteiger partial charge in [-0.3, -0.25) is 15.0 Å². The third kappa shape index (κ3) is 4.40. The molecular weight excluding hydrogens is 440 g/mol. The predicted octanol–water partition coefficient (Wildman–Crippen LogP) is 5.17. The Balaban J connectivity index is 1.86. The highest BCUT2D eigenvalue weighted by atomic mass is 16.5. The summed E-state index contributed by atoms with van der Waals surface area (Å²) in [6.07, 6.45) is 0. The van der Waals surface area contributed by atoms with Crippen LogP contribution in [0.2, 0.25) is 0 Å². The van der Waals surface area contributed by atoms with Crippen LogP contribution in [-0.2, 0) is 11.8 Å². The van der Waals surface area contributed by atoms with E-state index in [1.807, 2.05) is 80.6 Å². The second-order valence-electron chi connectivity index (χ2n) is 8.22. The Morgan fingerprint density at radius 3 is 2.31 bits per heavy atom. The zero-order valence-corrected chi connectivity index (χ0v) is 20.3. The molecule has 4 rings (SSSR count). The quantitative estimate of drug-likeness (QED) is 0.367. The molecule has 1 heterocycles. The monoisotopic (exact) mass is 468 g/mol. The van der Waals surface area contributed by atoms with Crippen LogP contribution in [0.25, 0.3) is 10.9 Å². The second kappa shape index (κ2) is 9.85. The molecule has 2 N–H and O–H groups in total. The van der Waals surface area contributed by atoms with E-state index < -0.39 is 11.8 Å². The first kappa shape index (κ1) is 23.8. The van der Waals surface area contributed by atoms with Crippen LogP contribution in [0.3, 0.4) is 0 Å². The molecule has 0 aliphatic heterocycles. The minimum atomic E-state index is -0.499. The SMILES string of the molecule is CCN(C(=O)C(=N)c1c(C(=O)Nc2ccc(C)cc2)n(C)c2cccc(OC)c12)c1ccccc1. The average Bonchev–Trinajstić information content (AvgIpc) is 3.18. The Bertz CT molecular complexity index is 1410. The average molecular weight is 469 g/mol. The molecular formula is C28H28N4O3. The minimum absolute atomic E-state index is 0.215. The van der Waals surface area contributed by atoms with Gasteiger partial charge in [-0.2, -0.15) is 0 Å². The number of fused-ring (bicyclic) bond motifs is 1. The van der Waals surface area contributed by atoms with Gasteiger partial charge in [0.05, 0.1) is 18.0 Å². The Kier molecular flexibility index (Phi) is 6.68. The van der Waals surface area contributed by atoms with E-state index in [0.29, 0.717) is 34.6 Å². The Morgan fingerprint density at radius 2 is 1.69 bits per heavy atom.